The number of ether oxygens (including phenoxy) is 1. The number of hydrogen-bond acceptors (Lipinski definition) is 5. The zero-order valence-electron chi connectivity index (χ0n) is 19.5. The van der Waals surface area contributed by atoms with Gasteiger partial charge in [-0.15, -0.1) is 0 Å². The summed E-state index contributed by atoms with van der Waals surface area (Å²) in [6.45, 7) is 2.52. The number of anilines is 1. The van der Waals surface area contributed by atoms with E-state index in [4.69, 9.17) is 4.74 Å². The number of rotatable bonds is 8. The lowest BCUT2D eigenvalue weighted by Crippen LogP contribution is -2.43. The lowest BCUT2D eigenvalue weighted by molar-refractivity contribution is -0.126. The third-order valence-electron chi connectivity index (χ3n) is 6.51. The van der Waals surface area contributed by atoms with Crippen molar-refractivity contribution in [2.24, 2.45) is 11.8 Å². The van der Waals surface area contributed by atoms with E-state index in [2.05, 4.69) is 10.6 Å². The van der Waals surface area contributed by atoms with Gasteiger partial charge in [0, 0.05) is 30.6 Å². The van der Waals surface area contributed by atoms with Crippen LogP contribution in [-0.4, -0.2) is 44.7 Å². The van der Waals surface area contributed by atoms with E-state index in [0.29, 0.717) is 31.7 Å². The number of carbonyl (C=O) groups is 2. The number of sulfonamides is 1. The van der Waals surface area contributed by atoms with Gasteiger partial charge in [-0.1, -0.05) is 12.1 Å². The molecule has 8 nitrogen and oxygen atoms in total. The van der Waals surface area contributed by atoms with Crippen molar-refractivity contribution in [2.45, 2.75) is 43.5 Å². The summed E-state index contributed by atoms with van der Waals surface area (Å²) in [5.41, 5.74) is 1.70. The van der Waals surface area contributed by atoms with E-state index in [-0.39, 0.29) is 34.6 Å². The summed E-state index contributed by atoms with van der Waals surface area (Å²) in [4.78, 5) is 24.9. The zero-order valence-corrected chi connectivity index (χ0v) is 20.3. The molecule has 1 saturated carbocycles. The van der Waals surface area contributed by atoms with E-state index in [0.717, 1.165) is 24.1 Å². The fraction of sp³-hybridized carbons (Fsp3) is 0.440. The van der Waals surface area contributed by atoms with Gasteiger partial charge < -0.3 is 15.4 Å². The van der Waals surface area contributed by atoms with Crippen LogP contribution in [0.2, 0.25) is 0 Å². The Morgan fingerprint density at radius 3 is 2.06 bits per heavy atom. The Morgan fingerprint density at radius 2 is 1.50 bits per heavy atom. The highest BCUT2D eigenvalue weighted by atomic mass is 32.2. The summed E-state index contributed by atoms with van der Waals surface area (Å²) in [7, 11) is -2.07. The summed E-state index contributed by atoms with van der Waals surface area (Å²) in [6.07, 6.45) is 2.86. The molecule has 2 fully saturated rings. The monoisotopic (exact) mass is 485 g/mol. The minimum Gasteiger partial charge on any atom is -0.497 e. The predicted octanol–water partition coefficient (Wildman–Crippen LogP) is 3.32. The Labute approximate surface area is 200 Å². The molecule has 0 aromatic heterocycles. The predicted molar refractivity (Wildman–Crippen MR) is 129 cm³/mol. The molecule has 2 aromatic carbocycles. The van der Waals surface area contributed by atoms with Gasteiger partial charge >= 0.3 is 0 Å². The van der Waals surface area contributed by atoms with E-state index in [9.17, 15) is 18.0 Å². The normalized spacial score (nSPS) is 18.2. The molecule has 2 aromatic rings. The third-order valence-corrected chi connectivity index (χ3v) is 8.42. The maximum Gasteiger partial charge on any atom is 0.243 e. The Morgan fingerprint density at radius 1 is 0.912 bits per heavy atom. The van der Waals surface area contributed by atoms with Crippen molar-refractivity contribution >= 4 is 27.5 Å². The second-order valence-electron chi connectivity index (χ2n) is 8.97. The van der Waals surface area contributed by atoms with Crippen molar-refractivity contribution in [1.82, 2.24) is 9.62 Å². The van der Waals surface area contributed by atoms with Gasteiger partial charge in [-0.05, 0) is 74.6 Å². The van der Waals surface area contributed by atoms with Crippen LogP contribution in [0.25, 0.3) is 0 Å². The van der Waals surface area contributed by atoms with E-state index < -0.39 is 10.0 Å². The molecular formula is C25H31N3O5S. The average molecular weight is 486 g/mol. The summed E-state index contributed by atoms with van der Waals surface area (Å²) in [5, 5.41) is 5.95. The topological polar surface area (TPSA) is 105 Å². The third kappa shape index (κ3) is 5.59. The first kappa shape index (κ1) is 24.2. The Bertz CT molecular complexity index is 1120. The van der Waals surface area contributed by atoms with Gasteiger partial charge in [0.2, 0.25) is 21.8 Å². The standard InChI is InChI=1S/C25H31N3O5S/c1-17(18-5-7-21(8-6-18)27-25(30)19-3-4-19)26-24(29)20-13-15-28(16-14-20)34(31,32)23-11-9-22(33-2)10-12-23/h5-12,17,19-20H,3-4,13-16H2,1-2H3,(H,26,29)(H,27,30). The second kappa shape index (κ2) is 10.1. The molecule has 0 radical (unpaired) electrons. The van der Waals surface area contributed by atoms with Gasteiger partial charge in [0.15, 0.2) is 0 Å². The van der Waals surface area contributed by atoms with Crippen LogP contribution in [0.15, 0.2) is 53.4 Å². The highest BCUT2D eigenvalue weighted by molar-refractivity contribution is 7.89. The van der Waals surface area contributed by atoms with Crippen molar-refractivity contribution in [3.8, 4) is 5.75 Å². The van der Waals surface area contributed by atoms with Crippen molar-refractivity contribution in [2.75, 3.05) is 25.5 Å². The van der Waals surface area contributed by atoms with E-state index in [1.54, 1.807) is 12.1 Å². The van der Waals surface area contributed by atoms with Crippen LogP contribution < -0.4 is 15.4 Å². The summed E-state index contributed by atoms with van der Waals surface area (Å²) < 4.78 is 32.4. The lowest BCUT2D eigenvalue weighted by Gasteiger charge is -2.31. The quantitative estimate of drug-likeness (QED) is 0.597. The molecule has 4 rings (SSSR count). The second-order valence-corrected chi connectivity index (χ2v) is 10.9. The molecule has 34 heavy (non-hydrogen) atoms. The number of benzene rings is 2. The number of piperidine rings is 1. The van der Waals surface area contributed by atoms with Gasteiger partial charge in [-0.25, -0.2) is 8.42 Å². The van der Waals surface area contributed by atoms with Gasteiger partial charge in [-0.3, -0.25) is 9.59 Å². The average Bonchev–Trinajstić information content (AvgIpc) is 3.70. The van der Waals surface area contributed by atoms with Crippen molar-refractivity contribution in [3.63, 3.8) is 0 Å². The van der Waals surface area contributed by atoms with Crippen LogP contribution >= 0.6 is 0 Å². The zero-order chi connectivity index (χ0) is 24.3. The van der Waals surface area contributed by atoms with Crippen LogP contribution in [-0.2, 0) is 19.6 Å². The highest BCUT2D eigenvalue weighted by Gasteiger charge is 2.32. The van der Waals surface area contributed by atoms with Crippen molar-refractivity contribution < 1.29 is 22.7 Å². The number of nitrogens with zero attached hydrogens (tertiary/aromatic N) is 1. The molecular weight excluding hydrogens is 454 g/mol. The Balaban J connectivity index is 1.28. The van der Waals surface area contributed by atoms with Crippen LogP contribution in [0, 0.1) is 11.8 Å². The first-order valence-electron chi connectivity index (χ1n) is 11.6. The van der Waals surface area contributed by atoms with Crippen LogP contribution in [0.5, 0.6) is 5.75 Å². The summed E-state index contributed by atoms with van der Waals surface area (Å²) >= 11 is 0. The number of amides is 2. The molecule has 1 unspecified atom stereocenters. The van der Waals surface area contributed by atoms with Gasteiger partial charge in [0.05, 0.1) is 18.0 Å². The molecule has 1 saturated heterocycles. The van der Waals surface area contributed by atoms with Crippen molar-refractivity contribution in [1.29, 1.82) is 0 Å². The van der Waals surface area contributed by atoms with Crippen LogP contribution in [0.3, 0.4) is 0 Å². The number of nitrogens with one attached hydrogen (secondary N) is 2. The lowest BCUT2D eigenvalue weighted by atomic mass is 9.96. The van der Waals surface area contributed by atoms with E-state index >= 15 is 0 Å². The maximum absolute atomic E-state index is 12.9. The van der Waals surface area contributed by atoms with Gasteiger partial charge in [0.25, 0.3) is 0 Å². The van der Waals surface area contributed by atoms with Gasteiger partial charge in [-0.2, -0.15) is 4.31 Å². The molecule has 1 heterocycles. The van der Waals surface area contributed by atoms with Gasteiger partial charge in [0.1, 0.15) is 5.75 Å². The first-order valence-corrected chi connectivity index (χ1v) is 13.1. The number of hydrogen-bond donors (Lipinski definition) is 2. The summed E-state index contributed by atoms with van der Waals surface area (Å²) in [5.74, 6) is 0.507. The molecule has 1 aliphatic carbocycles. The molecule has 182 valence electrons. The Kier molecular flexibility index (Phi) is 7.23. The first-order chi connectivity index (χ1) is 16.3. The Hall–Kier alpha value is -2.91. The molecule has 2 N–H and O–H groups in total. The van der Waals surface area contributed by atoms with Crippen molar-refractivity contribution in [3.05, 3.63) is 54.1 Å². The van der Waals surface area contributed by atoms with Crippen LogP contribution in [0.1, 0.15) is 44.2 Å². The molecule has 0 bridgehead atoms. The maximum atomic E-state index is 12.9. The highest BCUT2D eigenvalue weighted by Crippen LogP contribution is 2.30. The SMILES string of the molecule is COc1ccc(S(=O)(=O)N2CCC(C(=O)NC(C)c3ccc(NC(=O)C4CC4)cc3)CC2)cc1. The fourth-order valence-electron chi connectivity index (χ4n) is 4.11. The number of carbonyl (C=O) groups excluding carboxylic acids is 2. The number of methoxy groups -OCH3 is 1. The fourth-order valence-corrected chi connectivity index (χ4v) is 5.58. The van der Waals surface area contributed by atoms with E-state index in [1.807, 2.05) is 31.2 Å². The summed E-state index contributed by atoms with van der Waals surface area (Å²) in [6, 6.07) is 13.6. The molecule has 0 spiro atoms. The minimum atomic E-state index is -3.60. The largest absolute Gasteiger partial charge is 0.497 e. The molecule has 2 amide bonds. The molecule has 2 aliphatic rings. The van der Waals surface area contributed by atoms with Crippen LogP contribution in [0.4, 0.5) is 5.69 Å². The molecule has 9 heteroatoms. The smallest absolute Gasteiger partial charge is 0.243 e. The van der Waals surface area contributed by atoms with E-state index in [1.165, 1.54) is 23.5 Å². The molecule has 1 atom stereocenters. The minimum absolute atomic E-state index is 0.0643. The molecule has 1 aliphatic heterocycles.